The molecule has 2 atom stereocenters. The Bertz CT molecular complexity index is 1300. The number of benzene rings is 3. The van der Waals surface area contributed by atoms with Gasteiger partial charge in [-0.15, -0.1) is 0 Å². The second-order valence-electron chi connectivity index (χ2n) is 9.94. The van der Waals surface area contributed by atoms with Gasteiger partial charge in [0.2, 0.25) is 0 Å². The first-order valence-corrected chi connectivity index (χ1v) is 13.4. The van der Waals surface area contributed by atoms with Gasteiger partial charge in [0.15, 0.2) is 0 Å². The van der Waals surface area contributed by atoms with E-state index in [1.165, 1.54) is 18.2 Å². The number of hydrogen-bond donors (Lipinski definition) is 0. The molecule has 0 aromatic heterocycles. The molecule has 0 heterocycles. The van der Waals surface area contributed by atoms with Gasteiger partial charge in [-0.25, -0.2) is 4.39 Å². The van der Waals surface area contributed by atoms with E-state index in [1.54, 1.807) is 13.8 Å². The number of aryl methyl sites for hydroxylation is 1. The molecule has 3 aromatic rings. The molecule has 0 bridgehead atoms. The molecule has 0 saturated heterocycles. The Hall–Kier alpha value is -1.46. The average Bonchev–Trinajstić information content (AvgIpc) is 2.78. The van der Waals surface area contributed by atoms with E-state index in [1.807, 2.05) is 32.9 Å². The quantitative estimate of drug-likeness (QED) is 0.189. The lowest BCUT2D eigenvalue weighted by Crippen LogP contribution is -2.17. The van der Waals surface area contributed by atoms with Crippen molar-refractivity contribution < 1.29 is 17.6 Å². The summed E-state index contributed by atoms with van der Waals surface area (Å²) in [5.74, 6) is -1.67. The minimum atomic E-state index is -4.67. The van der Waals surface area contributed by atoms with Crippen LogP contribution in [0.25, 0.3) is 0 Å². The first-order chi connectivity index (χ1) is 17.1. The van der Waals surface area contributed by atoms with Crippen molar-refractivity contribution in [2.24, 2.45) is 0 Å². The Morgan fingerprint density at radius 3 is 1.86 bits per heavy atom. The summed E-state index contributed by atoms with van der Waals surface area (Å²) in [6.45, 7) is 9.37. The molecule has 37 heavy (non-hydrogen) atoms. The zero-order valence-electron chi connectivity index (χ0n) is 21.1. The molecule has 0 aliphatic rings. The van der Waals surface area contributed by atoms with E-state index in [0.717, 1.165) is 22.8 Å². The number of alkyl halides is 3. The van der Waals surface area contributed by atoms with E-state index in [0.29, 0.717) is 5.02 Å². The molecule has 0 saturated carbocycles. The van der Waals surface area contributed by atoms with E-state index in [4.69, 9.17) is 46.4 Å². The lowest BCUT2D eigenvalue weighted by Gasteiger charge is -2.25. The van der Waals surface area contributed by atoms with Crippen LogP contribution in [0.5, 0.6) is 0 Å². The van der Waals surface area contributed by atoms with Gasteiger partial charge in [0.1, 0.15) is 5.82 Å². The maximum Gasteiger partial charge on any atom is 0.417 e. The van der Waals surface area contributed by atoms with Crippen molar-refractivity contribution in [2.75, 3.05) is 0 Å². The van der Waals surface area contributed by atoms with Crippen LogP contribution in [0.15, 0.2) is 36.4 Å². The fourth-order valence-electron chi connectivity index (χ4n) is 4.93. The molecule has 0 aliphatic heterocycles. The van der Waals surface area contributed by atoms with Crippen LogP contribution in [0.2, 0.25) is 20.1 Å². The molecule has 0 nitrogen and oxygen atoms in total. The molecule has 2 unspecified atom stereocenters. The van der Waals surface area contributed by atoms with Gasteiger partial charge in [-0.05, 0) is 83.5 Å². The highest BCUT2D eigenvalue weighted by molar-refractivity contribution is 6.36. The predicted octanol–water partition coefficient (Wildman–Crippen LogP) is 11.6. The molecule has 3 aromatic carbocycles. The number of halogens is 8. The molecule has 0 aliphatic carbocycles. The van der Waals surface area contributed by atoms with Gasteiger partial charge in [0, 0.05) is 15.1 Å². The van der Waals surface area contributed by atoms with Gasteiger partial charge in [-0.1, -0.05) is 97.9 Å². The third-order valence-electron chi connectivity index (χ3n) is 6.62. The van der Waals surface area contributed by atoms with Crippen molar-refractivity contribution in [3.8, 4) is 0 Å². The summed E-state index contributed by atoms with van der Waals surface area (Å²) < 4.78 is 57.8. The van der Waals surface area contributed by atoms with Crippen LogP contribution < -0.4 is 0 Å². The number of rotatable bonds is 7. The van der Waals surface area contributed by atoms with Crippen LogP contribution >= 0.6 is 46.4 Å². The fraction of sp³-hybridized carbons (Fsp3) is 0.379. The molecule has 3 rings (SSSR count). The minimum absolute atomic E-state index is 0.0129. The first kappa shape index (κ1) is 30.1. The summed E-state index contributed by atoms with van der Waals surface area (Å²) >= 11 is 25.5. The van der Waals surface area contributed by atoms with Crippen molar-refractivity contribution in [3.63, 3.8) is 0 Å². The van der Waals surface area contributed by atoms with Gasteiger partial charge in [0.25, 0.3) is 0 Å². The highest BCUT2D eigenvalue weighted by Crippen LogP contribution is 2.45. The molecule has 0 fully saturated rings. The van der Waals surface area contributed by atoms with E-state index in [9.17, 15) is 17.6 Å². The van der Waals surface area contributed by atoms with Crippen molar-refractivity contribution in [1.29, 1.82) is 0 Å². The normalized spacial score (nSPS) is 13.8. The lowest BCUT2D eigenvalue weighted by molar-refractivity contribution is -0.139. The monoisotopic (exact) mass is 592 g/mol. The zero-order chi connectivity index (χ0) is 27.8. The molecule has 0 radical (unpaired) electrons. The molecule has 0 N–H and O–H groups in total. The second kappa shape index (κ2) is 11.7. The Balaban J connectivity index is 2.09. The van der Waals surface area contributed by atoms with Crippen LogP contribution in [0.3, 0.4) is 0 Å². The van der Waals surface area contributed by atoms with Gasteiger partial charge in [-0.3, -0.25) is 0 Å². The van der Waals surface area contributed by atoms with E-state index >= 15 is 0 Å². The maximum absolute atomic E-state index is 14.6. The largest absolute Gasteiger partial charge is 0.417 e. The molecule has 200 valence electrons. The summed E-state index contributed by atoms with van der Waals surface area (Å²) in [7, 11) is 0. The summed E-state index contributed by atoms with van der Waals surface area (Å²) in [4.78, 5) is 0. The van der Waals surface area contributed by atoms with Crippen LogP contribution in [-0.4, -0.2) is 0 Å². The minimum Gasteiger partial charge on any atom is -0.205 e. The zero-order valence-corrected chi connectivity index (χ0v) is 24.2. The Kier molecular flexibility index (Phi) is 9.54. The van der Waals surface area contributed by atoms with Crippen molar-refractivity contribution in [1.82, 2.24) is 0 Å². The summed E-state index contributed by atoms with van der Waals surface area (Å²) in [6, 6.07) is 9.25. The van der Waals surface area contributed by atoms with E-state index in [2.05, 4.69) is 0 Å². The standard InChI is InChI=1S/C29H28Cl4F4/c1-14(2)20-11-15(3)10-19(27(20)32)13-16(4)24-21(30)7-6-18(26(24)29(35,36)37)12-17(5)25-22(31)8-9-23(34)28(25)33/h6-11,14,16-17H,12-13H2,1-5H3. The third kappa shape index (κ3) is 6.58. The van der Waals surface area contributed by atoms with Crippen LogP contribution in [0.1, 0.15) is 84.4 Å². The molecular weight excluding hydrogens is 566 g/mol. The van der Waals surface area contributed by atoms with Crippen LogP contribution in [-0.2, 0) is 19.0 Å². The molecule has 8 heteroatoms. The summed E-state index contributed by atoms with van der Waals surface area (Å²) in [6.07, 6.45) is -4.44. The summed E-state index contributed by atoms with van der Waals surface area (Å²) in [5.41, 5.74) is 2.27. The van der Waals surface area contributed by atoms with E-state index in [-0.39, 0.29) is 50.5 Å². The smallest absolute Gasteiger partial charge is 0.205 e. The van der Waals surface area contributed by atoms with Gasteiger partial charge in [0.05, 0.1) is 10.6 Å². The van der Waals surface area contributed by atoms with Gasteiger partial charge < -0.3 is 0 Å². The fourth-order valence-corrected chi connectivity index (χ4v) is 6.42. The molecule has 0 amide bonds. The second-order valence-corrected chi connectivity index (χ2v) is 11.5. The van der Waals surface area contributed by atoms with Gasteiger partial charge >= 0.3 is 6.18 Å². The van der Waals surface area contributed by atoms with Crippen molar-refractivity contribution in [2.45, 2.75) is 71.4 Å². The topological polar surface area (TPSA) is 0 Å². The first-order valence-electron chi connectivity index (χ1n) is 11.9. The van der Waals surface area contributed by atoms with Crippen LogP contribution in [0, 0.1) is 12.7 Å². The Labute approximate surface area is 235 Å². The highest BCUT2D eigenvalue weighted by atomic mass is 35.5. The maximum atomic E-state index is 14.6. The average molecular weight is 594 g/mol. The molecule has 0 spiro atoms. The Morgan fingerprint density at radius 1 is 0.730 bits per heavy atom. The summed E-state index contributed by atoms with van der Waals surface area (Å²) in [5, 5.41) is 0.611. The SMILES string of the molecule is Cc1cc(CC(C)c2c(Cl)ccc(CC(C)c3c(Cl)ccc(F)c3Cl)c2C(F)(F)F)c(Cl)c(C(C)C)c1. The number of hydrogen-bond acceptors (Lipinski definition) is 0. The van der Waals surface area contributed by atoms with Crippen molar-refractivity contribution >= 4 is 46.4 Å². The Morgan fingerprint density at radius 2 is 1.27 bits per heavy atom. The van der Waals surface area contributed by atoms with Crippen LogP contribution in [0.4, 0.5) is 17.6 Å². The molecular formula is C29H28Cl4F4. The highest BCUT2D eigenvalue weighted by Gasteiger charge is 2.39. The van der Waals surface area contributed by atoms with E-state index < -0.39 is 29.4 Å². The lowest BCUT2D eigenvalue weighted by atomic mass is 9.83. The predicted molar refractivity (Wildman–Crippen MR) is 147 cm³/mol. The third-order valence-corrected chi connectivity index (χ3v) is 8.13. The van der Waals surface area contributed by atoms with Crippen molar-refractivity contribution in [3.05, 3.63) is 101 Å². The van der Waals surface area contributed by atoms with Gasteiger partial charge in [-0.2, -0.15) is 13.2 Å².